The van der Waals surface area contributed by atoms with Crippen molar-refractivity contribution in [1.29, 1.82) is 0 Å². The molecule has 1 heterocycles. The van der Waals surface area contributed by atoms with Crippen LogP contribution in [0.25, 0.3) is 21.8 Å². The molecule has 0 spiro atoms. The van der Waals surface area contributed by atoms with E-state index in [1.165, 1.54) is 44.1 Å². The van der Waals surface area contributed by atoms with Gasteiger partial charge in [-0.2, -0.15) is 0 Å². The van der Waals surface area contributed by atoms with Crippen LogP contribution in [0.5, 0.6) is 5.75 Å². The molecule has 0 radical (unpaired) electrons. The summed E-state index contributed by atoms with van der Waals surface area (Å²) >= 11 is 0. The number of aromatic amines is 1. The minimum Gasteiger partial charge on any atom is -0.488 e. The van der Waals surface area contributed by atoms with Crippen LogP contribution in [0, 0.1) is 20.8 Å². The Morgan fingerprint density at radius 1 is 0.875 bits per heavy atom. The summed E-state index contributed by atoms with van der Waals surface area (Å²) in [4.78, 5) is 3.57. The average Bonchev–Trinajstić information content (AvgIpc) is 2.93. The highest BCUT2D eigenvalue weighted by Gasteiger charge is 2.13. The number of rotatable bonds is 3. The standard InChI is InChI=1S/C22H21NO/c1-14-9-10-18-19-12-15(2)22(16(3)21(19)23-20(18)11-14)24-13-17-7-5-4-6-8-17/h4-12,23H,13H2,1-3H3. The third-order valence-corrected chi connectivity index (χ3v) is 4.65. The molecule has 4 aromatic rings. The van der Waals surface area contributed by atoms with Crippen LogP contribution in [0.3, 0.4) is 0 Å². The Bertz CT molecular complexity index is 1030. The molecule has 0 bridgehead atoms. The van der Waals surface area contributed by atoms with Crippen LogP contribution in [-0.2, 0) is 6.61 Å². The molecule has 0 aliphatic heterocycles. The topological polar surface area (TPSA) is 25.0 Å². The van der Waals surface area contributed by atoms with E-state index in [9.17, 15) is 0 Å². The molecule has 0 atom stereocenters. The van der Waals surface area contributed by atoms with Crippen molar-refractivity contribution in [2.24, 2.45) is 0 Å². The number of nitrogens with one attached hydrogen (secondary N) is 1. The molecule has 0 amide bonds. The third-order valence-electron chi connectivity index (χ3n) is 4.65. The largest absolute Gasteiger partial charge is 0.488 e. The Balaban J connectivity index is 1.80. The maximum atomic E-state index is 6.16. The van der Waals surface area contributed by atoms with Gasteiger partial charge in [-0.15, -0.1) is 0 Å². The van der Waals surface area contributed by atoms with Crippen molar-refractivity contribution >= 4 is 21.8 Å². The lowest BCUT2D eigenvalue weighted by Crippen LogP contribution is -1.99. The minimum atomic E-state index is 0.591. The van der Waals surface area contributed by atoms with E-state index in [1.807, 2.05) is 18.2 Å². The predicted octanol–water partition coefficient (Wildman–Crippen LogP) is 5.83. The molecule has 0 aliphatic rings. The molecule has 1 N–H and O–H groups in total. The maximum Gasteiger partial charge on any atom is 0.127 e. The zero-order valence-corrected chi connectivity index (χ0v) is 14.3. The van der Waals surface area contributed by atoms with Gasteiger partial charge in [0.2, 0.25) is 0 Å². The minimum absolute atomic E-state index is 0.591. The Morgan fingerprint density at radius 3 is 2.46 bits per heavy atom. The Kier molecular flexibility index (Phi) is 3.53. The lowest BCUT2D eigenvalue weighted by Gasteiger charge is -2.13. The summed E-state index contributed by atoms with van der Waals surface area (Å²) in [5.74, 6) is 0.981. The number of hydrogen-bond acceptors (Lipinski definition) is 1. The number of fused-ring (bicyclic) bond motifs is 3. The lowest BCUT2D eigenvalue weighted by atomic mass is 10.0. The van der Waals surface area contributed by atoms with Gasteiger partial charge in [0.15, 0.2) is 0 Å². The number of aryl methyl sites for hydroxylation is 3. The highest BCUT2D eigenvalue weighted by molar-refractivity contribution is 6.09. The molecular weight excluding hydrogens is 294 g/mol. The molecule has 2 heteroatoms. The van der Waals surface area contributed by atoms with E-state index in [1.54, 1.807) is 0 Å². The zero-order chi connectivity index (χ0) is 16.7. The summed E-state index contributed by atoms with van der Waals surface area (Å²) in [7, 11) is 0. The molecule has 0 aliphatic carbocycles. The highest BCUT2D eigenvalue weighted by atomic mass is 16.5. The Labute approximate surface area is 142 Å². The summed E-state index contributed by atoms with van der Waals surface area (Å²) in [6, 6.07) is 19.1. The van der Waals surface area contributed by atoms with Gasteiger partial charge in [0.25, 0.3) is 0 Å². The normalized spacial score (nSPS) is 11.3. The van der Waals surface area contributed by atoms with Gasteiger partial charge in [0.1, 0.15) is 12.4 Å². The van der Waals surface area contributed by atoms with Crippen molar-refractivity contribution in [1.82, 2.24) is 4.98 Å². The van der Waals surface area contributed by atoms with Crippen LogP contribution in [0.15, 0.2) is 54.6 Å². The van der Waals surface area contributed by atoms with E-state index in [4.69, 9.17) is 4.74 Å². The number of aromatic nitrogens is 1. The number of ether oxygens (including phenoxy) is 1. The number of benzene rings is 3. The van der Waals surface area contributed by atoms with Gasteiger partial charge in [-0.25, -0.2) is 0 Å². The maximum absolute atomic E-state index is 6.16. The Morgan fingerprint density at radius 2 is 1.67 bits per heavy atom. The van der Waals surface area contributed by atoms with Crippen LogP contribution in [0.4, 0.5) is 0 Å². The third kappa shape index (κ3) is 2.44. The molecule has 0 unspecified atom stereocenters. The summed E-state index contributed by atoms with van der Waals surface area (Å²) in [5, 5.41) is 2.54. The van der Waals surface area contributed by atoms with Crippen molar-refractivity contribution in [2.75, 3.05) is 0 Å². The predicted molar refractivity (Wildman–Crippen MR) is 101 cm³/mol. The van der Waals surface area contributed by atoms with Gasteiger partial charge in [0, 0.05) is 21.9 Å². The van der Waals surface area contributed by atoms with Gasteiger partial charge in [-0.3, -0.25) is 0 Å². The van der Waals surface area contributed by atoms with Crippen molar-refractivity contribution in [2.45, 2.75) is 27.4 Å². The number of H-pyrrole nitrogens is 1. The van der Waals surface area contributed by atoms with E-state index in [2.05, 4.69) is 62.2 Å². The first-order chi connectivity index (χ1) is 11.6. The first-order valence-electron chi connectivity index (χ1n) is 8.32. The van der Waals surface area contributed by atoms with Crippen molar-refractivity contribution < 1.29 is 4.74 Å². The van der Waals surface area contributed by atoms with Gasteiger partial charge < -0.3 is 9.72 Å². The first kappa shape index (κ1) is 14.8. The van der Waals surface area contributed by atoms with Crippen LogP contribution in [-0.4, -0.2) is 4.98 Å². The van der Waals surface area contributed by atoms with E-state index in [-0.39, 0.29) is 0 Å². The fourth-order valence-corrected chi connectivity index (χ4v) is 3.42. The second-order valence-electron chi connectivity index (χ2n) is 6.52. The molecule has 0 fully saturated rings. The highest BCUT2D eigenvalue weighted by Crippen LogP contribution is 2.35. The quantitative estimate of drug-likeness (QED) is 0.506. The fraction of sp³-hybridized carbons (Fsp3) is 0.182. The van der Waals surface area contributed by atoms with E-state index >= 15 is 0 Å². The lowest BCUT2D eigenvalue weighted by molar-refractivity contribution is 0.302. The average molecular weight is 315 g/mol. The second kappa shape index (κ2) is 5.72. The molecule has 2 nitrogen and oxygen atoms in total. The molecule has 0 saturated carbocycles. The van der Waals surface area contributed by atoms with E-state index in [0.29, 0.717) is 6.61 Å². The summed E-state index contributed by atoms with van der Waals surface area (Å²) in [6.45, 7) is 6.97. The second-order valence-corrected chi connectivity index (χ2v) is 6.52. The van der Waals surface area contributed by atoms with Crippen LogP contribution >= 0.6 is 0 Å². The van der Waals surface area contributed by atoms with Crippen LogP contribution < -0.4 is 4.74 Å². The molecule has 0 saturated heterocycles. The molecular formula is C22H21NO. The van der Waals surface area contributed by atoms with Gasteiger partial charge in [-0.05, 0) is 49.6 Å². The van der Waals surface area contributed by atoms with E-state index < -0.39 is 0 Å². The van der Waals surface area contributed by atoms with E-state index in [0.717, 1.165) is 5.75 Å². The summed E-state index contributed by atoms with van der Waals surface area (Å²) in [5.41, 5.74) is 7.16. The molecule has 1 aromatic heterocycles. The first-order valence-corrected chi connectivity index (χ1v) is 8.32. The van der Waals surface area contributed by atoms with Gasteiger partial charge in [-0.1, -0.05) is 42.5 Å². The van der Waals surface area contributed by atoms with Gasteiger partial charge >= 0.3 is 0 Å². The van der Waals surface area contributed by atoms with Crippen molar-refractivity contribution in [3.05, 3.63) is 76.9 Å². The summed E-state index contributed by atoms with van der Waals surface area (Å²) < 4.78 is 6.16. The molecule has 120 valence electrons. The molecule has 24 heavy (non-hydrogen) atoms. The Hall–Kier alpha value is -2.74. The van der Waals surface area contributed by atoms with Gasteiger partial charge in [0.05, 0.1) is 5.52 Å². The zero-order valence-electron chi connectivity index (χ0n) is 14.3. The number of hydrogen-bond donors (Lipinski definition) is 1. The fourth-order valence-electron chi connectivity index (χ4n) is 3.42. The van der Waals surface area contributed by atoms with Crippen LogP contribution in [0.2, 0.25) is 0 Å². The van der Waals surface area contributed by atoms with Crippen LogP contribution in [0.1, 0.15) is 22.3 Å². The smallest absolute Gasteiger partial charge is 0.127 e. The summed E-state index contributed by atoms with van der Waals surface area (Å²) in [6.07, 6.45) is 0. The molecule has 3 aromatic carbocycles. The van der Waals surface area contributed by atoms with Crippen molar-refractivity contribution in [3.8, 4) is 5.75 Å². The monoisotopic (exact) mass is 315 g/mol. The van der Waals surface area contributed by atoms with Crippen molar-refractivity contribution in [3.63, 3.8) is 0 Å². The SMILES string of the molecule is Cc1ccc2c(c1)[nH]c1c(C)c(OCc3ccccc3)c(C)cc12. The molecule has 4 rings (SSSR count).